The van der Waals surface area contributed by atoms with E-state index in [1.54, 1.807) is 0 Å². The summed E-state index contributed by atoms with van der Waals surface area (Å²) >= 11 is 0. The van der Waals surface area contributed by atoms with E-state index in [4.69, 9.17) is 5.73 Å². The Morgan fingerprint density at radius 3 is 2.43 bits per heavy atom. The van der Waals surface area contributed by atoms with Crippen LogP contribution in [0.3, 0.4) is 0 Å². The zero-order chi connectivity index (χ0) is 9.76. The maximum absolute atomic E-state index is 6.14. The fourth-order valence-corrected chi connectivity index (χ4v) is 3.00. The highest BCUT2D eigenvalue weighted by atomic mass is 14.8. The van der Waals surface area contributed by atoms with E-state index < -0.39 is 0 Å². The molecule has 2 N–H and O–H groups in total. The molecule has 74 valence electrons. The van der Waals surface area contributed by atoms with Crippen molar-refractivity contribution in [3.8, 4) is 0 Å². The average Bonchev–Trinajstić information content (AvgIpc) is 3.01. The Labute approximate surface area is 85.3 Å². The molecule has 2 fully saturated rings. The normalized spacial score (nSPS) is 35.7. The van der Waals surface area contributed by atoms with Crippen molar-refractivity contribution < 1.29 is 0 Å². The molecule has 2 atom stereocenters. The summed E-state index contributed by atoms with van der Waals surface area (Å²) in [6.45, 7) is 2.21. The first-order chi connectivity index (χ1) is 6.75. The lowest BCUT2D eigenvalue weighted by Crippen LogP contribution is -2.21. The first-order valence-electron chi connectivity index (χ1n) is 5.57. The molecule has 0 saturated heterocycles. The summed E-state index contributed by atoms with van der Waals surface area (Å²) in [4.78, 5) is 0. The summed E-state index contributed by atoms with van der Waals surface area (Å²) in [6.07, 6.45) is 3.99. The third-order valence-electron chi connectivity index (χ3n) is 4.01. The van der Waals surface area contributed by atoms with Crippen LogP contribution in [0.15, 0.2) is 24.3 Å². The van der Waals surface area contributed by atoms with E-state index >= 15 is 0 Å². The van der Waals surface area contributed by atoms with Crippen LogP contribution in [-0.2, 0) is 5.41 Å². The molecular weight excluding hydrogens is 170 g/mol. The topological polar surface area (TPSA) is 26.0 Å². The second-order valence-electron chi connectivity index (χ2n) is 4.94. The van der Waals surface area contributed by atoms with E-state index in [1.807, 2.05) is 0 Å². The minimum Gasteiger partial charge on any atom is -0.327 e. The Morgan fingerprint density at radius 2 is 1.93 bits per heavy atom. The minimum atomic E-state index is 0.380. The Bertz CT molecular complexity index is 367. The molecule has 0 bridgehead atoms. The van der Waals surface area contributed by atoms with Gasteiger partial charge >= 0.3 is 0 Å². The lowest BCUT2D eigenvalue weighted by molar-refractivity contribution is 0.570. The van der Waals surface area contributed by atoms with E-state index in [1.165, 1.54) is 30.4 Å². The average molecular weight is 187 g/mol. The number of rotatable bonds is 2. The molecule has 3 rings (SSSR count). The monoisotopic (exact) mass is 187 g/mol. The summed E-state index contributed by atoms with van der Waals surface area (Å²) in [5.74, 6) is 0.888. The fourth-order valence-electron chi connectivity index (χ4n) is 3.00. The van der Waals surface area contributed by atoms with Crippen molar-refractivity contribution in [1.29, 1.82) is 0 Å². The second-order valence-corrected chi connectivity index (χ2v) is 4.94. The molecule has 14 heavy (non-hydrogen) atoms. The predicted molar refractivity (Wildman–Crippen MR) is 58.2 cm³/mol. The predicted octanol–water partition coefficient (Wildman–Crippen LogP) is 2.37. The molecule has 0 heterocycles. The van der Waals surface area contributed by atoms with Gasteiger partial charge in [-0.05, 0) is 43.2 Å². The lowest BCUT2D eigenvalue weighted by atomic mass is 9.87. The van der Waals surface area contributed by atoms with Crippen LogP contribution in [0.4, 0.5) is 0 Å². The molecule has 0 radical (unpaired) electrons. The van der Waals surface area contributed by atoms with Gasteiger partial charge in [-0.1, -0.05) is 24.3 Å². The van der Waals surface area contributed by atoms with Crippen molar-refractivity contribution in [3.05, 3.63) is 35.4 Å². The van der Waals surface area contributed by atoms with Crippen LogP contribution in [0.1, 0.15) is 30.4 Å². The van der Waals surface area contributed by atoms with E-state index in [-0.39, 0.29) is 0 Å². The Hall–Kier alpha value is -0.820. The number of nitrogens with two attached hydrogens (primary N) is 1. The Kier molecular flexibility index (Phi) is 1.58. The van der Waals surface area contributed by atoms with Gasteiger partial charge < -0.3 is 5.73 Å². The highest BCUT2D eigenvalue weighted by molar-refractivity contribution is 5.43. The molecule has 1 heteroatoms. The SMILES string of the molecule is Cc1ccccc1C1(C2CC2)C[C@H]1N. The summed E-state index contributed by atoms with van der Waals surface area (Å²) in [6, 6.07) is 9.19. The van der Waals surface area contributed by atoms with Gasteiger partial charge in [-0.3, -0.25) is 0 Å². The van der Waals surface area contributed by atoms with Crippen molar-refractivity contribution in [3.63, 3.8) is 0 Å². The molecule has 0 amide bonds. The van der Waals surface area contributed by atoms with E-state index in [9.17, 15) is 0 Å². The largest absolute Gasteiger partial charge is 0.327 e. The zero-order valence-corrected chi connectivity index (χ0v) is 8.66. The van der Waals surface area contributed by atoms with Gasteiger partial charge in [0, 0.05) is 11.5 Å². The zero-order valence-electron chi connectivity index (χ0n) is 8.66. The molecular formula is C13H17N. The third kappa shape index (κ3) is 0.992. The van der Waals surface area contributed by atoms with Crippen LogP contribution in [0.5, 0.6) is 0 Å². The minimum absolute atomic E-state index is 0.380. The van der Waals surface area contributed by atoms with Gasteiger partial charge in [0.1, 0.15) is 0 Å². The molecule has 1 unspecified atom stereocenters. The maximum Gasteiger partial charge on any atom is 0.0150 e. The van der Waals surface area contributed by atoms with E-state index in [0.717, 1.165) is 5.92 Å². The maximum atomic E-state index is 6.14. The summed E-state index contributed by atoms with van der Waals surface area (Å²) in [7, 11) is 0. The standard InChI is InChI=1S/C13H17N/c1-9-4-2-3-5-11(9)13(8-12(13)14)10-6-7-10/h2-5,10,12H,6-8,14H2,1H3/t12-,13?/m1/s1. The van der Waals surface area contributed by atoms with Crippen LogP contribution in [0, 0.1) is 12.8 Å². The lowest BCUT2D eigenvalue weighted by Gasteiger charge is -2.18. The highest BCUT2D eigenvalue weighted by Crippen LogP contribution is 2.61. The first kappa shape index (κ1) is 8.49. The third-order valence-corrected chi connectivity index (χ3v) is 4.01. The van der Waals surface area contributed by atoms with Gasteiger partial charge in [0.2, 0.25) is 0 Å². The number of aryl methyl sites for hydroxylation is 1. The van der Waals surface area contributed by atoms with Gasteiger partial charge in [0.15, 0.2) is 0 Å². The number of hydrogen-bond donors (Lipinski definition) is 1. The van der Waals surface area contributed by atoms with Crippen LogP contribution in [0.2, 0.25) is 0 Å². The Morgan fingerprint density at radius 1 is 1.29 bits per heavy atom. The van der Waals surface area contributed by atoms with Crippen molar-refractivity contribution in [2.24, 2.45) is 11.7 Å². The summed E-state index contributed by atoms with van der Waals surface area (Å²) < 4.78 is 0. The smallest absolute Gasteiger partial charge is 0.0150 e. The molecule has 2 saturated carbocycles. The van der Waals surface area contributed by atoms with Crippen molar-refractivity contribution in [2.45, 2.75) is 37.6 Å². The fraction of sp³-hybridized carbons (Fsp3) is 0.538. The summed E-state index contributed by atoms with van der Waals surface area (Å²) in [5, 5.41) is 0. The van der Waals surface area contributed by atoms with Gasteiger partial charge in [-0.25, -0.2) is 0 Å². The quantitative estimate of drug-likeness (QED) is 0.755. The number of hydrogen-bond acceptors (Lipinski definition) is 1. The molecule has 2 aliphatic rings. The molecule has 0 aromatic heterocycles. The first-order valence-corrected chi connectivity index (χ1v) is 5.57. The molecule has 1 aromatic carbocycles. The second kappa shape index (κ2) is 2.60. The molecule has 0 aliphatic heterocycles. The van der Waals surface area contributed by atoms with Crippen molar-refractivity contribution >= 4 is 0 Å². The summed E-state index contributed by atoms with van der Waals surface area (Å²) in [5.41, 5.74) is 9.47. The molecule has 0 spiro atoms. The van der Waals surface area contributed by atoms with E-state index in [2.05, 4.69) is 31.2 Å². The van der Waals surface area contributed by atoms with E-state index in [0.29, 0.717) is 11.5 Å². The van der Waals surface area contributed by atoms with Crippen LogP contribution < -0.4 is 5.73 Å². The number of benzene rings is 1. The van der Waals surface area contributed by atoms with Gasteiger partial charge in [-0.15, -0.1) is 0 Å². The van der Waals surface area contributed by atoms with Gasteiger partial charge in [-0.2, -0.15) is 0 Å². The molecule has 2 aliphatic carbocycles. The van der Waals surface area contributed by atoms with Crippen LogP contribution >= 0.6 is 0 Å². The molecule has 1 nitrogen and oxygen atoms in total. The van der Waals surface area contributed by atoms with Gasteiger partial charge in [0.05, 0.1) is 0 Å². The van der Waals surface area contributed by atoms with Crippen molar-refractivity contribution in [2.75, 3.05) is 0 Å². The van der Waals surface area contributed by atoms with Crippen LogP contribution in [-0.4, -0.2) is 6.04 Å². The molecule has 1 aromatic rings. The van der Waals surface area contributed by atoms with Crippen molar-refractivity contribution in [1.82, 2.24) is 0 Å². The van der Waals surface area contributed by atoms with Gasteiger partial charge in [0.25, 0.3) is 0 Å². The van der Waals surface area contributed by atoms with Crippen LogP contribution in [0.25, 0.3) is 0 Å². The Balaban J connectivity index is 2.05. The highest BCUT2D eigenvalue weighted by Gasteiger charge is 2.61.